The van der Waals surface area contributed by atoms with Gasteiger partial charge in [-0.25, -0.2) is 0 Å². The van der Waals surface area contributed by atoms with Crippen LogP contribution in [0.15, 0.2) is 24.3 Å². The van der Waals surface area contributed by atoms with Crippen molar-refractivity contribution in [3.05, 3.63) is 35.4 Å². The van der Waals surface area contributed by atoms with E-state index in [4.69, 9.17) is 5.73 Å². The van der Waals surface area contributed by atoms with Gasteiger partial charge in [-0.3, -0.25) is 14.5 Å². The molecule has 4 rings (SSSR count). The maximum absolute atomic E-state index is 12.9. The van der Waals surface area contributed by atoms with Crippen molar-refractivity contribution < 1.29 is 19.8 Å². The number of benzene rings is 1. The number of fused-ring (bicyclic) bond motifs is 2. The van der Waals surface area contributed by atoms with E-state index in [1.54, 1.807) is 6.07 Å². The van der Waals surface area contributed by atoms with E-state index in [1.807, 2.05) is 17.0 Å². The Kier molecular flexibility index (Phi) is 8.61. The number of carbonyl (C=O) groups is 2. The number of aliphatic hydroxyl groups is 2. The van der Waals surface area contributed by atoms with E-state index in [9.17, 15) is 19.8 Å². The summed E-state index contributed by atoms with van der Waals surface area (Å²) in [7, 11) is 0. The Morgan fingerprint density at radius 2 is 1.76 bits per heavy atom. The van der Waals surface area contributed by atoms with Gasteiger partial charge in [-0.2, -0.15) is 0 Å². The number of hydrogen-bond acceptors (Lipinski definition) is 5. The third-order valence-corrected chi connectivity index (χ3v) is 8.37. The van der Waals surface area contributed by atoms with Gasteiger partial charge in [0.25, 0.3) is 5.91 Å². The molecule has 0 radical (unpaired) electrons. The highest BCUT2D eigenvalue weighted by atomic mass is 16.3. The maximum atomic E-state index is 12.9. The predicted octanol–water partition coefficient (Wildman–Crippen LogP) is 2.65. The number of primary amides is 1. The van der Waals surface area contributed by atoms with Gasteiger partial charge in [0, 0.05) is 37.3 Å². The lowest BCUT2D eigenvalue weighted by molar-refractivity contribution is -0.143. The molecule has 4 atom stereocenters. The van der Waals surface area contributed by atoms with Gasteiger partial charge in [-0.15, -0.1) is 0 Å². The van der Waals surface area contributed by atoms with Gasteiger partial charge in [0.2, 0.25) is 5.91 Å². The van der Waals surface area contributed by atoms with Crippen molar-refractivity contribution in [2.45, 2.75) is 88.3 Å². The number of aliphatic hydroxyl groups excluding tert-OH is 2. The molecule has 2 saturated heterocycles. The first-order valence-electron chi connectivity index (χ1n) is 13.2. The van der Waals surface area contributed by atoms with Crippen LogP contribution in [-0.4, -0.2) is 76.3 Å². The van der Waals surface area contributed by atoms with E-state index in [0.29, 0.717) is 42.6 Å². The van der Waals surface area contributed by atoms with Crippen molar-refractivity contribution in [2.75, 3.05) is 26.2 Å². The molecule has 3 fully saturated rings. The number of nitrogens with zero attached hydrogens (tertiary/aromatic N) is 2. The SMILES string of the molecule is NC(=O)c1cccc([C@H]2C[C@H]3CCC[C@@H](C2)N3CCN(CC2CCCCC2)C(=O)[C@@H](O)CO)c1. The Labute approximate surface area is 203 Å². The Morgan fingerprint density at radius 3 is 2.41 bits per heavy atom. The molecule has 4 N–H and O–H groups in total. The summed E-state index contributed by atoms with van der Waals surface area (Å²) in [5.74, 6) is 0.192. The third kappa shape index (κ3) is 5.99. The van der Waals surface area contributed by atoms with E-state index in [2.05, 4.69) is 11.0 Å². The molecule has 0 aromatic heterocycles. The van der Waals surface area contributed by atoms with Gasteiger partial charge < -0.3 is 20.8 Å². The van der Waals surface area contributed by atoms with Crippen LogP contribution in [0.25, 0.3) is 0 Å². The quantitative estimate of drug-likeness (QED) is 0.513. The number of rotatable bonds is 9. The first-order chi connectivity index (χ1) is 16.5. The van der Waals surface area contributed by atoms with Crippen molar-refractivity contribution in [2.24, 2.45) is 11.7 Å². The van der Waals surface area contributed by atoms with E-state index in [1.165, 1.54) is 31.2 Å². The summed E-state index contributed by atoms with van der Waals surface area (Å²) < 4.78 is 0. The van der Waals surface area contributed by atoms with Crippen molar-refractivity contribution >= 4 is 11.8 Å². The summed E-state index contributed by atoms with van der Waals surface area (Å²) in [6.07, 6.45) is 10.3. The third-order valence-electron chi connectivity index (χ3n) is 8.37. The van der Waals surface area contributed by atoms with Gasteiger partial charge >= 0.3 is 0 Å². The molecule has 2 amide bonds. The minimum Gasteiger partial charge on any atom is -0.393 e. The average Bonchev–Trinajstić information content (AvgIpc) is 2.85. The second kappa shape index (κ2) is 11.6. The second-order valence-electron chi connectivity index (χ2n) is 10.6. The van der Waals surface area contributed by atoms with Crippen LogP contribution in [-0.2, 0) is 4.79 Å². The monoisotopic (exact) mass is 471 g/mol. The number of amides is 2. The van der Waals surface area contributed by atoms with Crippen LogP contribution in [0.3, 0.4) is 0 Å². The van der Waals surface area contributed by atoms with Gasteiger partial charge in [0.15, 0.2) is 6.10 Å². The zero-order valence-electron chi connectivity index (χ0n) is 20.3. The van der Waals surface area contributed by atoms with Gasteiger partial charge in [-0.05, 0) is 68.1 Å². The molecule has 34 heavy (non-hydrogen) atoms. The average molecular weight is 472 g/mol. The lowest BCUT2D eigenvalue weighted by Crippen LogP contribution is -2.55. The Bertz CT molecular complexity index is 827. The molecule has 2 bridgehead atoms. The highest BCUT2D eigenvalue weighted by molar-refractivity contribution is 5.92. The highest BCUT2D eigenvalue weighted by Crippen LogP contribution is 2.41. The number of carbonyl (C=O) groups excluding carboxylic acids is 2. The highest BCUT2D eigenvalue weighted by Gasteiger charge is 2.39. The smallest absolute Gasteiger partial charge is 0.253 e. The van der Waals surface area contributed by atoms with Crippen LogP contribution < -0.4 is 5.73 Å². The minimum atomic E-state index is -1.33. The lowest BCUT2D eigenvalue weighted by atomic mass is 9.75. The predicted molar refractivity (Wildman–Crippen MR) is 131 cm³/mol. The summed E-state index contributed by atoms with van der Waals surface area (Å²) in [4.78, 5) is 28.9. The second-order valence-corrected chi connectivity index (χ2v) is 10.6. The van der Waals surface area contributed by atoms with E-state index in [-0.39, 0.29) is 11.8 Å². The van der Waals surface area contributed by atoms with Crippen LogP contribution in [0.2, 0.25) is 0 Å². The Hall–Kier alpha value is -1.96. The van der Waals surface area contributed by atoms with Crippen LogP contribution in [0.5, 0.6) is 0 Å². The zero-order valence-corrected chi connectivity index (χ0v) is 20.3. The molecule has 7 nitrogen and oxygen atoms in total. The summed E-state index contributed by atoms with van der Waals surface area (Å²) in [6.45, 7) is 1.56. The number of piperidine rings is 2. The van der Waals surface area contributed by atoms with Crippen molar-refractivity contribution in [1.29, 1.82) is 0 Å². The normalized spacial score (nSPS) is 26.7. The molecule has 1 aromatic carbocycles. The first kappa shape index (κ1) is 25.1. The Morgan fingerprint density at radius 1 is 1.06 bits per heavy atom. The van der Waals surface area contributed by atoms with E-state index in [0.717, 1.165) is 45.1 Å². The van der Waals surface area contributed by atoms with E-state index >= 15 is 0 Å². The lowest BCUT2D eigenvalue weighted by Gasteiger charge is -2.49. The number of hydrogen-bond donors (Lipinski definition) is 3. The topological polar surface area (TPSA) is 107 Å². The van der Waals surface area contributed by atoms with E-state index < -0.39 is 12.7 Å². The molecule has 2 heterocycles. The molecule has 0 unspecified atom stereocenters. The number of nitrogens with two attached hydrogens (primary N) is 1. The van der Waals surface area contributed by atoms with Crippen LogP contribution in [0.4, 0.5) is 0 Å². The Balaban J connectivity index is 1.41. The summed E-state index contributed by atoms with van der Waals surface area (Å²) in [6, 6.07) is 8.70. The molecule has 1 saturated carbocycles. The summed E-state index contributed by atoms with van der Waals surface area (Å²) in [5.41, 5.74) is 7.28. The molecule has 7 heteroatoms. The summed E-state index contributed by atoms with van der Waals surface area (Å²) in [5, 5.41) is 19.4. The fraction of sp³-hybridized carbons (Fsp3) is 0.704. The standard InChI is InChI=1S/C27H41N3O4/c28-26(33)21-9-4-8-20(14-21)22-15-23-10-5-11-24(16-22)30(23)13-12-29(27(34)25(32)18-31)17-19-6-2-1-3-7-19/h4,8-9,14,19,22-25,31-32H,1-3,5-7,10-13,15-18H2,(H2,28,33)/t22-,23+,24-,25-/m0/s1. The van der Waals surface area contributed by atoms with Gasteiger partial charge in [0.05, 0.1) is 6.61 Å². The van der Waals surface area contributed by atoms with Crippen molar-refractivity contribution in [3.8, 4) is 0 Å². The maximum Gasteiger partial charge on any atom is 0.253 e. The van der Waals surface area contributed by atoms with Crippen molar-refractivity contribution in [1.82, 2.24) is 9.80 Å². The van der Waals surface area contributed by atoms with Crippen LogP contribution in [0, 0.1) is 5.92 Å². The molecular formula is C27H41N3O4. The first-order valence-corrected chi connectivity index (χ1v) is 13.2. The molecule has 2 aliphatic heterocycles. The van der Waals surface area contributed by atoms with Crippen molar-refractivity contribution in [3.63, 3.8) is 0 Å². The van der Waals surface area contributed by atoms with Gasteiger partial charge in [-0.1, -0.05) is 37.8 Å². The largest absolute Gasteiger partial charge is 0.393 e. The summed E-state index contributed by atoms with van der Waals surface area (Å²) >= 11 is 0. The van der Waals surface area contributed by atoms with Gasteiger partial charge in [0.1, 0.15) is 0 Å². The molecule has 188 valence electrons. The van der Waals surface area contributed by atoms with Crippen LogP contribution in [0.1, 0.15) is 86.0 Å². The molecule has 0 spiro atoms. The molecule has 1 aromatic rings. The van der Waals surface area contributed by atoms with Crippen LogP contribution >= 0.6 is 0 Å². The fourth-order valence-electron chi connectivity index (χ4n) is 6.56. The minimum absolute atomic E-state index is 0.337. The molecule has 1 aliphatic carbocycles. The zero-order chi connectivity index (χ0) is 24.1. The molecular weight excluding hydrogens is 430 g/mol. The fourth-order valence-corrected chi connectivity index (χ4v) is 6.56. The molecule has 3 aliphatic rings.